The quantitative estimate of drug-likeness (QED) is 0.540. The van der Waals surface area contributed by atoms with E-state index in [1.807, 2.05) is 6.92 Å². The van der Waals surface area contributed by atoms with Gasteiger partial charge in [0, 0.05) is 0 Å². The number of rotatable bonds is 1. The van der Waals surface area contributed by atoms with Crippen molar-refractivity contribution in [2.75, 3.05) is 6.61 Å². The second-order valence-corrected chi connectivity index (χ2v) is 2.43. The molecule has 1 rings (SSSR count). The number of halogens is 1. The summed E-state index contributed by atoms with van der Waals surface area (Å²) in [5, 5.41) is 0. The molecule has 1 unspecified atom stereocenters. The Morgan fingerprint density at radius 1 is 1.56 bits per heavy atom. The van der Waals surface area contributed by atoms with E-state index in [1.54, 1.807) is 0 Å². The summed E-state index contributed by atoms with van der Waals surface area (Å²) in [6, 6.07) is 0. The Bertz CT molecular complexity index is 79.1. The lowest BCUT2D eigenvalue weighted by Gasteiger charge is -2.23. The Hall–Kier alpha value is -0.150. The average molecular weight is 134 g/mol. The molecule has 3 heteroatoms. The number of ether oxygens (including phenoxy) is 1. The molecule has 0 saturated carbocycles. The second-order valence-electron chi connectivity index (χ2n) is 2.43. The van der Waals surface area contributed by atoms with Gasteiger partial charge in [-0.1, -0.05) is 0 Å². The first-order valence-corrected chi connectivity index (χ1v) is 3.22. The van der Waals surface area contributed by atoms with E-state index in [1.165, 1.54) is 0 Å². The fourth-order valence-corrected chi connectivity index (χ4v) is 0.929. The van der Waals surface area contributed by atoms with Crippen molar-refractivity contribution in [2.24, 2.45) is 0 Å². The van der Waals surface area contributed by atoms with Gasteiger partial charge in [0.1, 0.15) is 6.10 Å². The zero-order valence-electron chi connectivity index (χ0n) is 5.47. The highest BCUT2D eigenvalue weighted by Crippen LogP contribution is 2.15. The van der Waals surface area contributed by atoms with Crippen LogP contribution in [-0.4, -0.2) is 18.8 Å². The fraction of sp³-hybridized carbons (Fsp3) is 1.00. The number of hydrogen-bond donors (Lipinski definition) is 0. The summed E-state index contributed by atoms with van der Waals surface area (Å²) in [4.78, 5) is 3.61. The summed E-state index contributed by atoms with van der Waals surface area (Å²) < 4.78 is 16.5. The second kappa shape index (κ2) is 3.13. The van der Waals surface area contributed by atoms with Crippen molar-refractivity contribution < 1.29 is 14.2 Å². The highest BCUT2D eigenvalue weighted by atomic mass is 19.3. The Morgan fingerprint density at radius 3 is 2.78 bits per heavy atom. The van der Waals surface area contributed by atoms with Crippen LogP contribution in [0, 0.1) is 0 Å². The fourth-order valence-electron chi connectivity index (χ4n) is 0.929. The van der Waals surface area contributed by atoms with Crippen molar-refractivity contribution in [2.45, 2.75) is 32.0 Å². The zero-order chi connectivity index (χ0) is 6.69. The average Bonchev–Trinajstić information content (AvgIpc) is 1.90. The molecule has 0 bridgehead atoms. The molecule has 9 heavy (non-hydrogen) atoms. The maximum Gasteiger partial charge on any atom is 0.122 e. The molecule has 54 valence electrons. The minimum absolute atomic E-state index is 0.274. The van der Waals surface area contributed by atoms with Gasteiger partial charge in [-0.2, -0.15) is 4.94 Å². The lowest BCUT2D eigenvalue weighted by molar-refractivity contribution is -0.215. The number of hydrogen-bond acceptors (Lipinski definition) is 2. The van der Waals surface area contributed by atoms with Crippen LogP contribution in [0.1, 0.15) is 19.8 Å². The monoisotopic (exact) mass is 134 g/mol. The molecule has 0 amide bonds. The van der Waals surface area contributed by atoms with Crippen molar-refractivity contribution in [3.05, 3.63) is 0 Å². The first-order valence-electron chi connectivity index (χ1n) is 3.22. The van der Waals surface area contributed by atoms with Crippen molar-refractivity contribution in [1.29, 1.82) is 0 Å². The lowest BCUT2D eigenvalue weighted by Crippen LogP contribution is -2.27. The van der Waals surface area contributed by atoms with Crippen LogP contribution in [0.15, 0.2) is 0 Å². The smallest absolute Gasteiger partial charge is 0.122 e. The summed E-state index contributed by atoms with van der Waals surface area (Å²) in [5.74, 6) is 0. The summed E-state index contributed by atoms with van der Waals surface area (Å²) in [6.45, 7) is 2.38. The first-order chi connectivity index (χ1) is 4.33. The van der Waals surface area contributed by atoms with Crippen molar-refractivity contribution >= 4 is 0 Å². The SMILES string of the molecule is C[C@@H]1CCC(OF)CO1. The van der Waals surface area contributed by atoms with Gasteiger partial charge in [-0.05, 0) is 24.3 Å². The molecule has 1 heterocycles. The van der Waals surface area contributed by atoms with E-state index in [9.17, 15) is 4.53 Å². The predicted octanol–water partition coefficient (Wildman–Crippen LogP) is 1.46. The van der Waals surface area contributed by atoms with Gasteiger partial charge >= 0.3 is 0 Å². The maximum atomic E-state index is 11.4. The van der Waals surface area contributed by atoms with Crippen LogP contribution in [0.2, 0.25) is 0 Å². The van der Waals surface area contributed by atoms with Gasteiger partial charge in [-0.3, -0.25) is 0 Å². The molecule has 1 aliphatic heterocycles. The van der Waals surface area contributed by atoms with E-state index in [0.29, 0.717) is 6.61 Å². The molecule has 2 atom stereocenters. The third kappa shape index (κ3) is 1.91. The Kier molecular flexibility index (Phi) is 2.42. The summed E-state index contributed by atoms with van der Waals surface area (Å²) in [7, 11) is 0. The van der Waals surface area contributed by atoms with E-state index in [-0.39, 0.29) is 12.2 Å². The minimum Gasteiger partial charge on any atom is -0.376 e. The van der Waals surface area contributed by atoms with Crippen molar-refractivity contribution in [3.63, 3.8) is 0 Å². The molecule has 0 N–H and O–H groups in total. The molecule has 0 aliphatic carbocycles. The summed E-state index contributed by atoms with van der Waals surface area (Å²) >= 11 is 0. The molecule has 0 radical (unpaired) electrons. The summed E-state index contributed by atoms with van der Waals surface area (Å²) in [6.07, 6.45) is 1.63. The van der Waals surface area contributed by atoms with E-state index < -0.39 is 0 Å². The predicted molar refractivity (Wildman–Crippen MR) is 30.6 cm³/mol. The third-order valence-corrected chi connectivity index (χ3v) is 1.59. The van der Waals surface area contributed by atoms with E-state index in [2.05, 4.69) is 4.94 Å². The van der Waals surface area contributed by atoms with E-state index in [4.69, 9.17) is 4.74 Å². The largest absolute Gasteiger partial charge is 0.376 e. The van der Waals surface area contributed by atoms with Gasteiger partial charge in [0.05, 0.1) is 12.7 Å². The maximum absolute atomic E-state index is 11.4. The molecule has 0 spiro atoms. The van der Waals surface area contributed by atoms with Gasteiger partial charge in [-0.15, -0.1) is 0 Å². The van der Waals surface area contributed by atoms with Crippen molar-refractivity contribution in [3.8, 4) is 0 Å². The van der Waals surface area contributed by atoms with Gasteiger partial charge in [0.15, 0.2) is 0 Å². The summed E-state index contributed by atoms with van der Waals surface area (Å²) in [5.41, 5.74) is 0. The van der Waals surface area contributed by atoms with Gasteiger partial charge in [-0.25, -0.2) is 0 Å². The van der Waals surface area contributed by atoms with Crippen LogP contribution >= 0.6 is 0 Å². The third-order valence-electron chi connectivity index (χ3n) is 1.59. The highest BCUT2D eigenvalue weighted by Gasteiger charge is 2.19. The van der Waals surface area contributed by atoms with Crippen LogP contribution in [0.5, 0.6) is 0 Å². The van der Waals surface area contributed by atoms with E-state index >= 15 is 0 Å². The molecular formula is C6H11FO2. The molecular weight excluding hydrogens is 123 g/mol. The lowest BCUT2D eigenvalue weighted by atomic mass is 10.1. The topological polar surface area (TPSA) is 18.5 Å². The molecule has 1 aliphatic rings. The van der Waals surface area contributed by atoms with Crippen LogP contribution < -0.4 is 0 Å². The molecule has 0 aromatic heterocycles. The van der Waals surface area contributed by atoms with E-state index in [0.717, 1.165) is 12.8 Å². The molecule has 1 saturated heterocycles. The normalized spacial score (nSPS) is 36.7. The zero-order valence-corrected chi connectivity index (χ0v) is 5.47. The van der Waals surface area contributed by atoms with Gasteiger partial charge < -0.3 is 4.74 Å². The molecule has 0 aromatic carbocycles. The van der Waals surface area contributed by atoms with Crippen LogP contribution in [0.3, 0.4) is 0 Å². The van der Waals surface area contributed by atoms with Gasteiger partial charge in [0.25, 0.3) is 0 Å². The minimum atomic E-state index is -0.318. The molecule has 2 nitrogen and oxygen atoms in total. The van der Waals surface area contributed by atoms with Crippen molar-refractivity contribution in [1.82, 2.24) is 0 Å². The highest BCUT2D eigenvalue weighted by molar-refractivity contribution is 4.65. The van der Waals surface area contributed by atoms with Crippen LogP contribution in [0.25, 0.3) is 0 Å². The molecule has 1 fully saturated rings. The standard InChI is InChI=1S/C6H11FO2/c1-5-2-3-6(9-7)4-8-5/h5-6H,2-4H2,1H3/t5-,6?/m1/s1. The molecule has 0 aromatic rings. The first kappa shape index (κ1) is 6.96. The Labute approximate surface area is 53.9 Å². The Balaban J connectivity index is 2.18. The van der Waals surface area contributed by atoms with Gasteiger partial charge in [0.2, 0.25) is 0 Å². The Morgan fingerprint density at radius 2 is 2.33 bits per heavy atom. The van der Waals surface area contributed by atoms with Crippen LogP contribution in [0.4, 0.5) is 4.53 Å². The van der Waals surface area contributed by atoms with Crippen LogP contribution in [-0.2, 0) is 9.68 Å².